The topological polar surface area (TPSA) is 70.2 Å². The maximum atomic E-state index is 13.5. The Morgan fingerprint density at radius 2 is 1.84 bits per heavy atom. The number of nitrogens with zero attached hydrogens (tertiary/aromatic N) is 3. The molecule has 0 aliphatic heterocycles. The highest BCUT2D eigenvalue weighted by Crippen LogP contribution is 2.15. The van der Waals surface area contributed by atoms with Gasteiger partial charge in [0.05, 0.1) is 5.56 Å². The largest absolute Gasteiger partial charge is 0.368 e. The number of halogens is 3. The molecule has 0 unspecified atom stereocenters. The zero-order valence-electron chi connectivity index (χ0n) is 14.0. The van der Waals surface area contributed by atoms with E-state index in [0.717, 1.165) is 11.9 Å². The van der Waals surface area contributed by atoms with E-state index in [9.17, 15) is 18.0 Å². The molecule has 0 aliphatic carbocycles. The summed E-state index contributed by atoms with van der Waals surface area (Å²) in [7, 11) is 3.70. The fourth-order valence-corrected chi connectivity index (χ4v) is 2.03. The van der Waals surface area contributed by atoms with Gasteiger partial charge in [-0.25, -0.2) is 23.1 Å². The van der Waals surface area contributed by atoms with Crippen LogP contribution in [-0.4, -0.2) is 43.1 Å². The number of benzene rings is 1. The third-order valence-corrected chi connectivity index (χ3v) is 3.28. The van der Waals surface area contributed by atoms with E-state index in [-0.39, 0.29) is 6.54 Å². The second-order valence-corrected chi connectivity index (χ2v) is 5.46. The van der Waals surface area contributed by atoms with Crippen molar-refractivity contribution < 1.29 is 18.0 Å². The van der Waals surface area contributed by atoms with E-state index >= 15 is 0 Å². The first-order valence-electron chi connectivity index (χ1n) is 7.48. The maximum absolute atomic E-state index is 13.5. The third-order valence-electron chi connectivity index (χ3n) is 3.28. The second-order valence-electron chi connectivity index (χ2n) is 5.46. The summed E-state index contributed by atoms with van der Waals surface area (Å²) in [4.78, 5) is 22.1. The summed E-state index contributed by atoms with van der Waals surface area (Å²) in [5.41, 5.74) is -0.549. The molecule has 1 aromatic heterocycles. The Kier molecular flexibility index (Phi) is 5.79. The molecule has 0 fully saturated rings. The zero-order valence-corrected chi connectivity index (χ0v) is 14.0. The third kappa shape index (κ3) is 4.59. The molecule has 2 rings (SSSR count). The van der Waals surface area contributed by atoms with Crippen molar-refractivity contribution in [2.45, 2.75) is 6.92 Å². The van der Waals surface area contributed by atoms with Crippen LogP contribution in [0, 0.1) is 24.4 Å². The molecule has 0 saturated heterocycles. The number of carbonyl (C=O) groups excluding carboxylic acids is 1. The van der Waals surface area contributed by atoms with Crippen LogP contribution >= 0.6 is 0 Å². The van der Waals surface area contributed by atoms with E-state index < -0.39 is 28.9 Å². The van der Waals surface area contributed by atoms with Crippen molar-refractivity contribution in [2.75, 3.05) is 37.4 Å². The summed E-state index contributed by atoms with van der Waals surface area (Å²) in [6.45, 7) is 2.20. The molecule has 1 heterocycles. The van der Waals surface area contributed by atoms with Crippen LogP contribution in [0.15, 0.2) is 18.2 Å². The average molecular weight is 353 g/mol. The molecule has 0 spiro atoms. The molecule has 0 saturated carbocycles. The first-order chi connectivity index (χ1) is 11.8. The SMILES string of the molecule is Cc1nc(NCCNC(=O)c2ccc(F)c(F)c2F)cc(N(C)C)n1. The fraction of sp³-hybridized carbons (Fsp3) is 0.312. The highest BCUT2D eigenvalue weighted by Gasteiger charge is 2.18. The number of nitrogens with one attached hydrogen (secondary N) is 2. The number of aryl methyl sites for hydroxylation is 1. The van der Waals surface area contributed by atoms with Crippen LogP contribution in [0.3, 0.4) is 0 Å². The number of hydrogen-bond acceptors (Lipinski definition) is 5. The Balaban J connectivity index is 1.91. The van der Waals surface area contributed by atoms with Crippen LogP contribution in [0.5, 0.6) is 0 Å². The van der Waals surface area contributed by atoms with E-state index in [1.54, 1.807) is 13.0 Å². The highest BCUT2D eigenvalue weighted by molar-refractivity contribution is 5.94. The van der Waals surface area contributed by atoms with Gasteiger partial charge in [-0.15, -0.1) is 0 Å². The monoisotopic (exact) mass is 353 g/mol. The Morgan fingerprint density at radius 1 is 1.12 bits per heavy atom. The van der Waals surface area contributed by atoms with Crippen molar-refractivity contribution in [3.05, 3.63) is 47.0 Å². The molecule has 25 heavy (non-hydrogen) atoms. The van der Waals surface area contributed by atoms with E-state index in [1.165, 1.54) is 0 Å². The normalized spacial score (nSPS) is 10.5. The predicted molar refractivity (Wildman–Crippen MR) is 88.2 cm³/mol. The number of rotatable bonds is 6. The quantitative estimate of drug-likeness (QED) is 0.615. The first-order valence-corrected chi connectivity index (χ1v) is 7.48. The number of carbonyl (C=O) groups is 1. The van der Waals surface area contributed by atoms with Gasteiger partial charge in [0, 0.05) is 33.3 Å². The lowest BCUT2D eigenvalue weighted by atomic mass is 10.2. The molecule has 1 amide bonds. The number of amides is 1. The molecule has 1 aromatic carbocycles. The minimum atomic E-state index is -1.67. The van der Waals surface area contributed by atoms with Crippen LogP contribution in [0.4, 0.5) is 24.8 Å². The van der Waals surface area contributed by atoms with Crippen LogP contribution < -0.4 is 15.5 Å². The molecular weight excluding hydrogens is 335 g/mol. The zero-order chi connectivity index (χ0) is 18.6. The van der Waals surface area contributed by atoms with Crippen molar-refractivity contribution in [3.8, 4) is 0 Å². The fourth-order valence-electron chi connectivity index (χ4n) is 2.03. The molecular formula is C16H18F3N5O. The molecule has 2 N–H and O–H groups in total. The summed E-state index contributed by atoms with van der Waals surface area (Å²) in [6, 6.07) is 3.34. The summed E-state index contributed by atoms with van der Waals surface area (Å²) < 4.78 is 39.5. The summed E-state index contributed by atoms with van der Waals surface area (Å²) in [5, 5.41) is 5.43. The Labute approximate surface area is 143 Å². The van der Waals surface area contributed by atoms with Crippen molar-refractivity contribution in [1.82, 2.24) is 15.3 Å². The Hall–Kier alpha value is -2.84. The first kappa shape index (κ1) is 18.5. The molecule has 134 valence electrons. The highest BCUT2D eigenvalue weighted by atomic mass is 19.2. The Bertz CT molecular complexity index is 783. The number of hydrogen-bond donors (Lipinski definition) is 2. The molecule has 0 radical (unpaired) electrons. The van der Waals surface area contributed by atoms with Gasteiger partial charge in [0.15, 0.2) is 17.5 Å². The van der Waals surface area contributed by atoms with Gasteiger partial charge in [0.2, 0.25) is 0 Å². The summed E-state index contributed by atoms with van der Waals surface area (Å²) >= 11 is 0. The molecule has 0 atom stereocenters. The Morgan fingerprint density at radius 3 is 2.52 bits per heavy atom. The lowest BCUT2D eigenvalue weighted by molar-refractivity contribution is 0.0950. The molecule has 2 aromatic rings. The lowest BCUT2D eigenvalue weighted by Crippen LogP contribution is -2.30. The van der Waals surface area contributed by atoms with Crippen molar-refractivity contribution in [1.29, 1.82) is 0 Å². The minimum Gasteiger partial charge on any atom is -0.368 e. The van der Waals surface area contributed by atoms with Gasteiger partial charge in [-0.2, -0.15) is 0 Å². The second kappa shape index (κ2) is 7.82. The van der Waals surface area contributed by atoms with Crippen LogP contribution in [0.25, 0.3) is 0 Å². The van der Waals surface area contributed by atoms with Crippen LogP contribution in [0.2, 0.25) is 0 Å². The lowest BCUT2D eigenvalue weighted by Gasteiger charge is -2.14. The van der Waals surface area contributed by atoms with E-state index in [1.807, 2.05) is 19.0 Å². The smallest absolute Gasteiger partial charge is 0.254 e. The molecule has 0 bridgehead atoms. The van der Waals surface area contributed by atoms with Crippen molar-refractivity contribution in [2.24, 2.45) is 0 Å². The van der Waals surface area contributed by atoms with Gasteiger partial charge >= 0.3 is 0 Å². The van der Waals surface area contributed by atoms with E-state index in [0.29, 0.717) is 24.3 Å². The minimum absolute atomic E-state index is 0.137. The van der Waals surface area contributed by atoms with Crippen LogP contribution in [-0.2, 0) is 0 Å². The molecule has 0 aliphatic rings. The summed E-state index contributed by atoms with van der Waals surface area (Å²) in [5.74, 6) is -3.46. The van der Waals surface area contributed by atoms with Crippen molar-refractivity contribution in [3.63, 3.8) is 0 Å². The average Bonchev–Trinajstić information content (AvgIpc) is 2.56. The standard InChI is InChI=1S/C16H18F3N5O/c1-9-22-12(8-13(23-9)24(2)3)20-6-7-21-16(25)10-4-5-11(17)15(19)14(10)18/h4-5,8H,6-7H2,1-3H3,(H,21,25)(H,20,22,23). The number of anilines is 2. The van der Waals surface area contributed by atoms with Crippen LogP contribution in [0.1, 0.15) is 16.2 Å². The van der Waals surface area contributed by atoms with Gasteiger partial charge in [0.25, 0.3) is 5.91 Å². The van der Waals surface area contributed by atoms with Gasteiger partial charge in [-0.1, -0.05) is 0 Å². The van der Waals surface area contributed by atoms with Gasteiger partial charge < -0.3 is 15.5 Å². The van der Waals surface area contributed by atoms with Crippen molar-refractivity contribution >= 4 is 17.5 Å². The summed E-state index contributed by atoms with van der Waals surface area (Å²) in [6.07, 6.45) is 0. The molecule has 6 nitrogen and oxygen atoms in total. The van der Waals surface area contributed by atoms with Gasteiger partial charge in [-0.3, -0.25) is 4.79 Å². The predicted octanol–water partition coefficient (Wildman–Crippen LogP) is 2.11. The molecule has 9 heteroatoms. The number of aromatic nitrogens is 2. The van der Waals surface area contributed by atoms with Gasteiger partial charge in [0.1, 0.15) is 17.5 Å². The van der Waals surface area contributed by atoms with Gasteiger partial charge in [-0.05, 0) is 19.1 Å². The van der Waals surface area contributed by atoms with E-state index in [4.69, 9.17) is 0 Å². The van der Waals surface area contributed by atoms with E-state index in [2.05, 4.69) is 20.6 Å². The maximum Gasteiger partial charge on any atom is 0.254 e.